The van der Waals surface area contributed by atoms with Crippen LogP contribution in [0.2, 0.25) is 0 Å². The molecule has 3 nitrogen and oxygen atoms in total. The van der Waals surface area contributed by atoms with Gasteiger partial charge in [0.05, 0.1) is 0 Å². The zero-order valence-corrected chi connectivity index (χ0v) is 23.2. The van der Waals surface area contributed by atoms with Crippen LogP contribution >= 0.6 is 0 Å². The van der Waals surface area contributed by atoms with E-state index < -0.39 is 0 Å². The molecule has 9 rings (SSSR count). The topological polar surface area (TPSA) is 29.5 Å². The standard InChI is InChI=1S/C40H25NO2/c1-2-8-26(9-3-1)27-14-17-29(18-15-27)41(30-20-23-37-35(24-30)33-12-6-7-13-36(33)42-37)31-19-21-34-39(25-31)43-38-22-16-28-10-4-5-11-32(28)40(34)38/h1-25H. The van der Waals surface area contributed by atoms with Crippen LogP contribution in [0.25, 0.3) is 65.8 Å². The van der Waals surface area contributed by atoms with E-state index in [0.29, 0.717) is 0 Å². The molecule has 3 heteroatoms. The van der Waals surface area contributed by atoms with Gasteiger partial charge < -0.3 is 13.7 Å². The van der Waals surface area contributed by atoms with E-state index in [0.717, 1.165) is 60.9 Å². The Morgan fingerprint density at radius 2 is 0.977 bits per heavy atom. The van der Waals surface area contributed by atoms with Crippen LogP contribution in [0.1, 0.15) is 0 Å². The zero-order valence-electron chi connectivity index (χ0n) is 23.2. The van der Waals surface area contributed by atoms with Crippen LogP contribution in [0.4, 0.5) is 17.1 Å². The van der Waals surface area contributed by atoms with Gasteiger partial charge in [0.2, 0.25) is 0 Å². The molecule has 0 spiro atoms. The largest absolute Gasteiger partial charge is 0.456 e. The first-order valence-electron chi connectivity index (χ1n) is 14.5. The van der Waals surface area contributed by atoms with Gasteiger partial charge in [0.1, 0.15) is 22.3 Å². The van der Waals surface area contributed by atoms with E-state index in [1.54, 1.807) is 0 Å². The highest BCUT2D eigenvalue weighted by Crippen LogP contribution is 2.42. The third kappa shape index (κ3) is 3.83. The Morgan fingerprint density at radius 3 is 1.86 bits per heavy atom. The highest BCUT2D eigenvalue weighted by atomic mass is 16.3. The van der Waals surface area contributed by atoms with E-state index in [1.165, 1.54) is 21.9 Å². The molecule has 0 unspecified atom stereocenters. The third-order valence-corrected chi connectivity index (χ3v) is 8.45. The predicted molar refractivity (Wildman–Crippen MR) is 179 cm³/mol. The number of hydrogen-bond donors (Lipinski definition) is 0. The van der Waals surface area contributed by atoms with Crippen molar-refractivity contribution < 1.29 is 8.83 Å². The molecule has 7 aromatic carbocycles. The van der Waals surface area contributed by atoms with Crippen LogP contribution in [0.15, 0.2) is 160 Å². The van der Waals surface area contributed by atoms with Crippen molar-refractivity contribution in [2.75, 3.05) is 4.90 Å². The summed E-state index contributed by atoms with van der Waals surface area (Å²) < 4.78 is 12.6. The Labute approximate surface area is 247 Å². The van der Waals surface area contributed by atoms with Gasteiger partial charge in [-0.15, -0.1) is 0 Å². The fourth-order valence-corrected chi connectivity index (χ4v) is 6.41. The van der Waals surface area contributed by atoms with Crippen LogP contribution < -0.4 is 4.90 Å². The maximum Gasteiger partial charge on any atom is 0.137 e. The van der Waals surface area contributed by atoms with Crippen molar-refractivity contribution in [2.45, 2.75) is 0 Å². The molecule has 0 bridgehead atoms. The number of para-hydroxylation sites is 1. The molecule has 0 atom stereocenters. The minimum absolute atomic E-state index is 0.865. The van der Waals surface area contributed by atoms with Gasteiger partial charge in [-0.3, -0.25) is 0 Å². The van der Waals surface area contributed by atoms with E-state index >= 15 is 0 Å². The Bertz CT molecular complexity index is 2450. The fourth-order valence-electron chi connectivity index (χ4n) is 6.41. The summed E-state index contributed by atoms with van der Waals surface area (Å²) in [5.41, 5.74) is 9.05. The van der Waals surface area contributed by atoms with Gasteiger partial charge in [-0.05, 0) is 76.5 Å². The summed E-state index contributed by atoms with van der Waals surface area (Å²) >= 11 is 0. The van der Waals surface area contributed by atoms with Crippen LogP contribution in [-0.2, 0) is 0 Å². The maximum absolute atomic E-state index is 6.47. The summed E-state index contributed by atoms with van der Waals surface area (Å²) in [6.45, 7) is 0. The molecule has 9 aromatic rings. The first kappa shape index (κ1) is 23.9. The molecule has 0 aliphatic heterocycles. The second kappa shape index (κ2) is 9.37. The average Bonchev–Trinajstić information content (AvgIpc) is 3.64. The van der Waals surface area contributed by atoms with Crippen LogP contribution in [-0.4, -0.2) is 0 Å². The molecule has 0 fully saturated rings. The number of benzene rings is 7. The smallest absolute Gasteiger partial charge is 0.137 e. The van der Waals surface area contributed by atoms with Gasteiger partial charge >= 0.3 is 0 Å². The SMILES string of the molecule is c1ccc(-c2ccc(N(c3ccc4c(c3)oc3ccc5ccccc5c34)c3ccc4oc5ccccc5c4c3)cc2)cc1. The first-order valence-corrected chi connectivity index (χ1v) is 14.5. The third-order valence-electron chi connectivity index (χ3n) is 8.45. The number of hydrogen-bond acceptors (Lipinski definition) is 3. The Hall–Kier alpha value is -5.80. The molecule has 0 saturated carbocycles. The minimum atomic E-state index is 0.865. The lowest BCUT2D eigenvalue weighted by molar-refractivity contribution is 0.668. The van der Waals surface area contributed by atoms with Gasteiger partial charge in [-0.2, -0.15) is 0 Å². The van der Waals surface area contributed by atoms with Crippen molar-refractivity contribution >= 4 is 71.7 Å². The summed E-state index contributed by atoms with van der Waals surface area (Å²) in [4.78, 5) is 2.29. The molecule has 0 aliphatic rings. The van der Waals surface area contributed by atoms with Crippen molar-refractivity contribution in [3.63, 3.8) is 0 Å². The lowest BCUT2D eigenvalue weighted by atomic mass is 10.0. The predicted octanol–water partition coefficient (Wildman–Crippen LogP) is 11.8. The van der Waals surface area contributed by atoms with E-state index in [4.69, 9.17) is 8.83 Å². The minimum Gasteiger partial charge on any atom is -0.456 e. The number of rotatable bonds is 4. The molecular formula is C40H25NO2. The van der Waals surface area contributed by atoms with E-state index in [-0.39, 0.29) is 0 Å². The van der Waals surface area contributed by atoms with Crippen molar-refractivity contribution in [1.82, 2.24) is 0 Å². The fraction of sp³-hybridized carbons (Fsp3) is 0. The molecule has 2 heterocycles. The molecule has 43 heavy (non-hydrogen) atoms. The quantitative estimate of drug-likeness (QED) is 0.218. The summed E-state index contributed by atoms with van der Waals surface area (Å²) in [7, 11) is 0. The van der Waals surface area contributed by atoms with Crippen molar-refractivity contribution in [1.29, 1.82) is 0 Å². The Morgan fingerprint density at radius 1 is 0.349 bits per heavy atom. The zero-order chi connectivity index (χ0) is 28.3. The highest BCUT2D eigenvalue weighted by Gasteiger charge is 2.18. The molecule has 0 amide bonds. The monoisotopic (exact) mass is 551 g/mol. The number of fused-ring (bicyclic) bond motifs is 8. The highest BCUT2D eigenvalue weighted by molar-refractivity contribution is 6.19. The second-order valence-electron chi connectivity index (χ2n) is 11.0. The lowest BCUT2D eigenvalue weighted by Crippen LogP contribution is -2.09. The second-order valence-corrected chi connectivity index (χ2v) is 11.0. The van der Waals surface area contributed by atoms with E-state index in [1.807, 2.05) is 18.2 Å². The molecule has 0 saturated heterocycles. The van der Waals surface area contributed by atoms with Gasteiger partial charge in [-0.25, -0.2) is 0 Å². The van der Waals surface area contributed by atoms with E-state index in [2.05, 4.69) is 138 Å². The summed E-state index contributed by atoms with van der Waals surface area (Å²) in [6.07, 6.45) is 0. The average molecular weight is 552 g/mol. The first-order chi connectivity index (χ1) is 21.3. The number of furan rings is 2. The molecule has 0 radical (unpaired) electrons. The number of nitrogens with zero attached hydrogens (tertiary/aromatic N) is 1. The van der Waals surface area contributed by atoms with Crippen LogP contribution in [0.3, 0.4) is 0 Å². The van der Waals surface area contributed by atoms with Crippen molar-refractivity contribution in [2.24, 2.45) is 0 Å². The normalized spacial score (nSPS) is 11.7. The van der Waals surface area contributed by atoms with Gasteiger partial charge in [0.15, 0.2) is 0 Å². The number of anilines is 3. The molecular weight excluding hydrogens is 526 g/mol. The van der Waals surface area contributed by atoms with Gasteiger partial charge in [0.25, 0.3) is 0 Å². The van der Waals surface area contributed by atoms with E-state index in [9.17, 15) is 0 Å². The van der Waals surface area contributed by atoms with Crippen molar-refractivity contribution in [3.05, 3.63) is 152 Å². The van der Waals surface area contributed by atoms with Gasteiger partial charge in [0, 0.05) is 44.7 Å². The lowest BCUT2D eigenvalue weighted by Gasteiger charge is -2.25. The van der Waals surface area contributed by atoms with Gasteiger partial charge in [-0.1, -0.05) is 91.0 Å². The van der Waals surface area contributed by atoms with Crippen LogP contribution in [0.5, 0.6) is 0 Å². The Kier molecular flexibility index (Phi) is 5.20. The summed E-state index contributed by atoms with van der Waals surface area (Å²) in [6, 6.07) is 53.1. The summed E-state index contributed by atoms with van der Waals surface area (Å²) in [5, 5.41) is 6.89. The molecule has 2 aromatic heterocycles. The Balaban J connectivity index is 1.24. The summed E-state index contributed by atoms with van der Waals surface area (Å²) in [5.74, 6) is 0. The molecule has 0 aliphatic carbocycles. The van der Waals surface area contributed by atoms with Crippen LogP contribution in [0, 0.1) is 0 Å². The molecule has 0 N–H and O–H groups in total. The van der Waals surface area contributed by atoms with Crippen molar-refractivity contribution in [3.8, 4) is 11.1 Å². The maximum atomic E-state index is 6.47. The molecule has 202 valence electrons.